The number of hydrogen-bond acceptors (Lipinski definition) is 1. The Labute approximate surface area is 103 Å². The van der Waals surface area contributed by atoms with Gasteiger partial charge in [0, 0.05) is 18.0 Å². The van der Waals surface area contributed by atoms with Crippen LogP contribution in [0.5, 0.6) is 0 Å². The van der Waals surface area contributed by atoms with Gasteiger partial charge in [-0.15, -0.1) is 12.3 Å². The number of terminal acetylenes is 1. The summed E-state index contributed by atoms with van der Waals surface area (Å²) in [5.41, 5.74) is 2.89. The molecule has 0 aliphatic carbocycles. The van der Waals surface area contributed by atoms with Crippen LogP contribution in [0.1, 0.15) is 41.3 Å². The van der Waals surface area contributed by atoms with Gasteiger partial charge in [-0.25, -0.2) is 0 Å². The van der Waals surface area contributed by atoms with Crippen LogP contribution in [0.4, 0.5) is 0 Å². The Hall–Kier alpha value is -1.75. The molecule has 0 radical (unpaired) electrons. The predicted molar refractivity (Wildman–Crippen MR) is 70.9 cm³/mol. The quantitative estimate of drug-likeness (QED) is 0.790. The molecule has 0 saturated heterocycles. The third kappa shape index (κ3) is 3.35. The minimum atomic E-state index is -0.0340. The first-order valence-electron chi connectivity index (χ1n) is 5.90. The fourth-order valence-electron chi connectivity index (χ4n) is 1.70. The Balaban J connectivity index is 2.83. The summed E-state index contributed by atoms with van der Waals surface area (Å²) in [5.74, 6) is 2.55. The fourth-order valence-corrected chi connectivity index (χ4v) is 1.70. The Morgan fingerprint density at radius 3 is 2.76 bits per heavy atom. The Morgan fingerprint density at radius 1 is 1.47 bits per heavy atom. The molecule has 0 aliphatic heterocycles. The topological polar surface area (TPSA) is 29.1 Å². The minimum Gasteiger partial charge on any atom is -0.348 e. The van der Waals surface area contributed by atoms with Crippen LogP contribution in [-0.4, -0.2) is 11.9 Å². The van der Waals surface area contributed by atoms with Crippen molar-refractivity contribution in [1.82, 2.24) is 5.32 Å². The molecular formula is C15H19NO. The number of hydrogen-bond donors (Lipinski definition) is 1. The van der Waals surface area contributed by atoms with Crippen LogP contribution in [0.25, 0.3) is 0 Å². The molecule has 1 rings (SSSR count). The molecule has 1 amide bonds. The molecular weight excluding hydrogens is 210 g/mol. The van der Waals surface area contributed by atoms with Gasteiger partial charge in [0.05, 0.1) is 0 Å². The summed E-state index contributed by atoms with van der Waals surface area (Å²) in [6.07, 6.45) is 6.70. The molecule has 1 atom stereocenters. The van der Waals surface area contributed by atoms with E-state index in [1.165, 1.54) is 0 Å². The molecule has 2 nitrogen and oxygen atoms in total. The van der Waals surface area contributed by atoms with E-state index in [0.29, 0.717) is 6.42 Å². The number of rotatable bonds is 4. The van der Waals surface area contributed by atoms with E-state index in [-0.39, 0.29) is 11.9 Å². The lowest BCUT2D eigenvalue weighted by atomic mass is 10.0. The normalized spacial score (nSPS) is 11.6. The summed E-state index contributed by atoms with van der Waals surface area (Å²) in [4.78, 5) is 12.1. The summed E-state index contributed by atoms with van der Waals surface area (Å²) >= 11 is 0. The highest BCUT2D eigenvalue weighted by Gasteiger charge is 2.13. The van der Waals surface area contributed by atoms with Crippen molar-refractivity contribution in [2.45, 2.75) is 39.7 Å². The van der Waals surface area contributed by atoms with Crippen molar-refractivity contribution in [3.8, 4) is 12.3 Å². The fraction of sp³-hybridized carbons (Fsp3) is 0.400. The lowest BCUT2D eigenvalue weighted by molar-refractivity contribution is 0.0936. The lowest BCUT2D eigenvalue weighted by Gasteiger charge is -2.15. The van der Waals surface area contributed by atoms with Gasteiger partial charge < -0.3 is 5.32 Å². The summed E-state index contributed by atoms with van der Waals surface area (Å²) < 4.78 is 0. The molecule has 0 heterocycles. The number of aryl methyl sites for hydroxylation is 1. The van der Waals surface area contributed by atoms with Crippen molar-refractivity contribution in [3.05, 3.63) is 34.9 Å². The highest BCUT2D eigenvalue weighted by atomic mass is 16.1. The monoisotopic (exact) mass is 229 g/mol. The molecule has 17 heavy (non-hydrogen) atoms. The van der Waals surface area contributed by atoms with Gasteiger partial charge in [-0.1, -0.05) is 19.1 Å². The van der Waals surface area contributed by atoms with Crippen molar-refractivity contribution in [2.75, 3.05) is 0 Å². The molecule has 0 aliphatic rings. The Kier molecular flexibility index (Phi) is 4.78. The molecule has 0 spiro atoms. The molecule has 90 valence electrons. The molecule has 2 heteroatoms. The minimum absolute atomic E-state index is 0.0340. The van der Waals surface area contributed by atoms with Gasteiger partial charge in [0.15, 0.2) is 0 Å². The zero-order valence-electron chi connectivity index (χ0n) is 10.7. The smallest absolute Gasteiger partial charge is 0.251 e. The van der Waals surface area contributed by atoms with Gasteiger partial charge in [0.1, 0.15) is 0 Å². The Morgan fingerprint density at radius 2 is 2.18 bits per heavy atom. The zero-order chi connectivity index (χ0) is 12.8. The summed E-state index contributed by atoms with van der Waals surface area (Å²) in [5, 5.41) is 2.97. The lowest BCUT2D eigenvalue weighted by Crippen LogP contribution is -2.34. The van der Waals surface area contributed by atoms with Gasteiger partial charge in [-0.2, -0.15) is 0 Å². The second-order valence-corrected chi connectivity index (χ2v) is 4.23. The molecule has 1 N–H and O–H groups in total. The van der Waals surface area contributed by atoms with Crippen LogP contribution in [0.2, 0.25) is 0 Å². The van der Waals surface area contributed by atoms with E-state index in [1.54, 1.807) is 0 Å². The standard InChI is InChI=1S/C15H19NO/c1-5-8-13(6-2)16-15(17)14-10-7-9-11(3)12(14)4/h1,7,9-10,13H,6,8H2,2-4H3,(H,16,17). The summed E-state index contributed by atoms with van der Waals surface area (Å²) in [7, 11) is 0. The van der Waals surface area contributed by atoms with Crippen molar-refractivity contribution in [2.24, 2.45) is 0 Å². The van der Waals surface area contributed by atoms with Gasteiger partial charge in [-0.3, -0.25) is 4.79 Å². The molecule has 0 bridgehead atoms. The van der Waals surface area contributed by atoms with Crippen molar-refractivity contribution < 1.29 is 4.79 Å². The van der Waals surface area contributed by atoms with Crippen molar-refractivity contribution in [1.29, 1.82) is 0 Å². The Bertz CT molecular complexity index is 443. The van der Waals surface area contributed by atoms with E-state index in [0.717, 1.165) is 23.1 Å². The first-order valence-corrected chi connectivity index (χ1v) is 5.90. The number of benzene rings is 1. The maximum Gasteiger partial charge on any atom is 0.251 e. The zero-order valence-corrected chi connectivity index (χ0v) is 10.7. The van der Waals surface area contributed by atoms with Crippen LogP contribution >= 0.6 is 0 Å². The largest absolute Gasteiger partial charge is 0.348 e. The second-order valence-electron chi connectivity index (χ2n) is 4.23. The first-order chi connectivity index (χ1) is 8.10. The molecule has 1 aromatic rings. The molecule has 0 saturated carbocycles. The first kappa shape index (κ1) is 13.3. The van der Waals surface area contributed by atoms with Gasteiger partial charge in [0.2, 0.25) is 0 Å². The van der Waals surface area contributed by atoms with E-state index < -0.39 is 0 Å². The average molecular weight is 229 g/mol. The second kappa shape index (κ2) is 6.10. The van der Waals surface area contributed by atoms with Crippen LogP contribution in [0.15, 0.2) is 18.2 Å². The number of nitrogens with one attached hydrogen (secondary N) is 1. The third-order valence-electron chi connectivity index (χ3n) is 3.04. The number of carbonyl (C=O) groups excluding carboxylic acids is 1. The van der Waals surface area contributed by atoms with E-state index in [4.69, 9.17) is 6.42 Å². The highest BCUT2D eigenvalue weighted by Crippen LogP contribution is 2.13. The van der Waals surface area contributed by atoms with E-state index in [2.05, 4.69) is 11.2 Å². The molecule has 0 aromatic heterocycles. The predicted octanol–water partition coefficient (Wildman–Crippen LogP) is 2.84. The molecule has 1 unspecified atom stereocenters. The van der Waals surface area contributed by atoms with Crippen LogP contribution in [-0.2, 0) is 0 Å². The van der Waals surface area contributed by atoms with E-state index in [9.17, 15) is 4.79 Å². The van der Waals surface area contributed by atoms with E-state index in [1.807, 2.05) is 39.0 Å². The van der Waals surface area contributed by atoms with Crippen molar-refractivity contribution in [3.63, 3.8) is 0 Å². The van der Waals surface area contributed by atoms with Gasteiger partial charge in [-0.05, 0) is 37.5 Å². The number of amides is 1. The SMILES string of the molecule is C#CCC(CC)NC(=O)c1cccc(C)c1C. The van der Waals surface area contributed by atoms with Crippen molar-refractivity contribution >= 4 is 5.91 Å². The summed E-state index contributed by atoms with van der Waals surface area (Å²) in [6, 6.07) is 5.82. The summed E-state index contributed by atoms with van der Waals surface area (Å²) in [6.45, 7) is 5.99. The third-order valence-corrected chi connectivity index (χ3v) is 3.04. The molecule has 1 aromatic carbocycles. The molecule has 0 fully saturated rings. The van der Waals surface area contributed by atoms with Gasteiger partial charge in [0.25, 0.3) is 5.91 Å². The van der Waals surface area contributed by atoms with Gasteiger partial charge >= 0.3 is 0 Å². The maximum absolute atomic E-state index is 12.1. The van der Waals surface area contributed by atoms with Crippen LogP contribution in [0, 0.1) is 26.2 Å². The highest BCUT2D eigenvalue weighted by molar-refractivity contribution is 5.96. The maximum atomic E-state index is 12.1. The number of carbonyl (C=O) groups is 1. The van der Waals surface area contributed by atoms with Crippen LogP contribution < -0.4 is 5.32 Å². The van der Waals surface area contributed by atoms with E-state index >= 15 is 0 Å². The average Bonchev–Trinajstić information content (AvgIpc) is 2.31. The van der Waals surface area contributed by atoms with Crippen LogP contribution in [0.3, 0.4) is 0 Å².